The Balaban J connectivity index is 1.92. The monoisotopic (exact) mass is 286 g/mol. The number of nitrogens with zero attached hydrogens (tertiary/aromatic N) is 4. The zero-order valence-corrected chi connectivity index (χ0v) is 12.0. The Morgan fingerprint density at radius 2 is 1.81 bits per heavy atom. The van der Waals surface area contributed by atoms with Crippen LogP contribution in [0.2, 0.25) is 0 Å². The van der Waals surface area contributed by atoms with Crippen molar-refractivity contribution >= 4 is 11.7 Å². The van der Waals surface area contributed by atoms with Gasteiger partial charge >= 0.3 is 5.97 Å². The van der Waals surface area contributed by atoms with Crippen LogP contribution in [-0.2, 0) is 6.42 Å². The molecule has 0 aliphatic carbocycles. The van der Waals surface area contributed by atoms with E-state index in [1.54, 1.807) is 4.68 Å². The smallest absolute Gasteiger partial charge is 0.358 e. The first-order valence-corrected chi connectivity index (χ1v) is 7.24. The number of carbonyl (C=O) groups is 1. The third kappa shape index (κ3) is 2.49. The summed E-state index contributed by atoms with van der Waals surface area (Å²) in [4.78, 5) is 13.5. The Hall–Kier alpha value is -2.37. The van der Waals surface area contributed by atoms with Crippen molar-refractivity contribution in [3.63, 3.8) is 0 Å². The summed E-state index contributed by atoms with van der Waals surface area (Å²) in [5.41, 5.74) is 2.69. The summed E-state index contributed by atoms with van der Waals surface area (Å²) in [6, 6.07) is 8.05. The topological polar surface area (TPSA) is 71.2 Å². The maximum Gasteiger partial charge on any atom is 0.358 e. The van der Waals surface area contributed by atoms with Crippen LogP contribution in [-0.4, -0.2) is 39.2 Å². The van der Waals surface area contributed by atoms with E-state index in [2.05, 4.69) is 27.3 Å². The van der Waals surface area contributed by atoms with E-state index in [1.807, 2.05) is 19.1 Å². The molecule has 3 rings (SSSR count). The van der Waals surface area contributed by atoms with Crippen LogP contribution < -0.4 is 4.90 Å². The van der Waals surface area contributed by atoms with Gasteiger partial charge in [0.15, 0.2) is 5.69 Å². The molecule has 0 atom stereocenters. The number of anilines is 1. The molecule has 1 saturated heterocycles. The highest BCUT2D eigenvalue weighted by molar-refractivity contribution is 5.86. The van der Waals surface area contributed by atoms with E-state index < -0.39 is 5.97 Å². The molecule has 1 fully saturated rings. The number of carboxylic acids is 1. The van der Waals surface area contributed by atoms with Crippen molar-refractivity contribution < 1.29 is 9.90 Å². The number of carboxylic acid groups (broad SMARTS) is 1. The Kier molecular flexibility index (Phi) is 3.60. The van der Waals surface area contributed by atoms with Crippen LogP contribution in [0.5, 0.6) is 0 Å². The predicted octanol–water partition coefficient (Wildman–Crippen LogP) is 2.13. The van der Waals surface area contributed by atoms with E-state index in [0.29, 0.717) is 12.1 Å². The van der Waals surface area contributed by atoms with Gasteiger partial charge in [0, 0.05) is 18.8 Å². The van der Waals surface area contributed by atoms with E-state index in [9.17, 15) is 4.79 Å². The molecule has 1 aliphatic rings. The van der Waals surface area contributed by atoms with E-state index >= 15 is 0 Å². The highest BCUT2D eigenvalue weighted by Crippen LogP contribution is 2.22. The molecule has 1 aliphatic heterocycles. The van der Waals surface area contributed by atoms with Crippen LogP contribution in [0.3, 0.4) is 0 Å². The van der Waals surface area contributed by atoms with Gasteiger partial charge in [-0.25, -0.2) is 9.48 Å². The minimum Gasteiger partial charge on any atom is -0.476 e. The van der Waals surface area contributed by atoms with Gasteiger partial charge in [-0.2, -0.15) is 0 Å². The van der Waals surface area contributed by atoms with E-state index in [4.69, 9.17) is 5.11 Å². The Morgan fingerprint density at radius 1 is 1.19 bits per heavy atom. The van der Waals surface area contributed by atoms with Gasteiger partial charge in [-0.3, -0.25) is 0 Å². The summed E-state index contributed by atoms with van der Waals surface area (Å²) in [6.07, 6.45) is 3.06. The number of aromatic carboxylic acids is 1. The first kappa shape index (κ1) is 13.6. The molecule has 21 heavy (non-hydrogen) atoms. The van der Waals surface area contributed by atoms with Crippen LogP contribution in [0.4, 0.5) is 5.69 Å². The summed E-state index contributed by atoms with van der Waals surface area (Å²) in [7, 11) is 0. The lowest BCUT2D eigenvalue weighted by molar-refractivity contribution is 0.0689. The van der Waals surface area contributed by atoms with Crippen LogP contribution in [0, 0.1) is 0 Å². The van der Waals surface area contributed by atoms with Crippen molar-refractivity contribution in [1.82, 2.24) is 15.0 Å². The van der Waals surface area contributed by atoms with Crippen LogP contribution >= 0.6 is 0 Å². The SMILES string of the molecule is CCc1c(C(=O)O)nnn1-c1ccc(N2CCCC2)cc1. The third-order valence-electron chi connectivity index (χ3n) is 3.87. The van der Waals surface area contributed by atoms with Crippen molar-refractivity contribution in [2.45, 2.75) is 26.2 Å². The van der Waals surface area contributed by atoms with Gasteiger partial charge in [-0.15, -0.1) is 5.10 Å². The van der Waals surface area contributed by atoms with Gasteiger partial charge in [0.25, 0.3) is 0 Å². The maximum atomic E-state index is 11.1. The lowest BCUT2D eigenvalue weighted by Gasteiger charge is -2.17. The average Bonchev–Trinajstić information content (AvgIpc) is 3.16. The number of hydrogen-bond donors (Lipinski definition) is 1. The van der Waals surface area contributed by atoms with Crippen molar-refractivity contribution in [3.05, 3.63) is 35.7 Å². The van der Waals surface area contributed by atoms with Crippen LogP contribution in [0.15, 0.2) is 24.3 Å². The van der Waals surface area contributed by atoms with E-state index in [1.165, 1.54) is 18.5 Å². The molecular formula is C15H18N4O2. The Bertz CT molecular complexity index is 642. The van der Waals surface area contributed by atoms with E-state index in [0.717, 1.165) is 18.8 Å². The second-order valence-electron chi connectivity index (χ2n) is 5.17. The number of hydrogen-bond acceptors (Lipinski definition) is 4. The Labute approximate surface area is 123 Å². The van der Waals surface area contributed by atoms with Gasteiger partial charge in [0.1, 0.15) is 0 Å². The summed E-state index contributed by atoms with van der Waals surface area (Å²) < 4.78 is 1.61. The van der Waals surface area contributed by atoms with Gasteiger partial charge in [0.05, 0.1) is 11.4 Å². The normalized spacial score (nSPS) is 14.6. The second-order valence-corrected chi connectivity index (χ2v) is 5.17. The number of benzene rings is 1. The predicted molar refractivity (Wildman–Crippen MR) is 79.1 cm³/mol. The molecule has 0 unspecified atom stereocenters. The molecule has 2 aromatic rings. The average molecular weight is 286 g/mol. The number of rotatable bonds is 4. The fourth-order valence-electron chi connectivity index (χ4n) is 2.77. The molecule has 1 aromatic carbocycles. The lowest BCUT2D eigenvalue weighted by Crippen LogP contribution is -2.17. The maximum absolute atomic E-state index is 11.1. The summed E-state index contributed by atoms with van der Waals surface area (Å²) in [5.74, 6) is -1.04. The van der Waals surface area contributed by atoms with Crippen molar-refractivity contribution in [1.29, 1.82) is 0 Å². The molecule has 6 nitrogen and oxygen atoms in total. The van der Waals surface area contributed by atoms with Crippen molar-refractivity contribution in [3.8, 4) is 5.69 Å². The minimum atomic E-state index is -1.04. The first-order valence-electron chi connectivity index (χ1n) is 7.24. The quantitative estimate of drug-likeness (QED) is 0.932. The third-order valence-corrected chi connectivity index (χ3v) is 3.87. The highest BCUT2D eigenvalue weighted by atomic mass is 16.4. The lowest BCUT2D eigenvalue weighted by atomic mass is 10.2. The van der Waals surface area contributed by atoms with Gasteiger partial charge < -0.3 is 10.0 Å². The largest absolute Gasteiger partial charge is 0.476 e. The molecule has 1 aromatic heterocycles. The van der Waals surface area contributed by atoms with Crippen molar-refractivity contribution in [2.24, 2.45) is 0 Å². The molecule has 0 saturated carbocycles. The molecule has 6 heteroatoms. The van der Waals surface area contributed by atoms with E-state index in [-0.39, 0.29) is 5.69 Å². The van der Waals surface area contributed by atoms with Crippen molar-refractivity contribution in [2.75, 3.05) is 18.0 Å². The fraction of sp³-hybridized carbons (Fsp3) is 0.400. The molecule has 0 bridgehead atoms. The molecule has 0 spiro atoms. The summed E-state index contributed by atoms with van der Waals surface area (Å²) in [5, 5.41) is 16.9. The first-order chi connectivity index (χ1) is 10.2. The molecule has 2 heterocycles. The van der Waals surface area contributed by atoms with Crippen LogP contribution in [0.1, 0.15) is 35.9 Å². The zero-order valence-electron chi connectivity index (χ0n) is 12.0. The summed E-state index contributed by atoms with van der Waals surface area (Å²) in [6.45, 7) is 4.11. The van der Waals surface area contributed by atoms with Gasteiger partial charge in [0.2, 0.25) is 0 Å². The Morgan fingerprint density at radius 3 is 2.38 bits per heavy atom. The summed E-state index contributed by atoms with van der Waals surface area (Å²) >= 11 is 0. The van der Waals surface area contributed by atoms with Gasteiger partial charge in [-0.1, -0.05) is 12.1 Å². The molecule has 110 valence electrons. The van der Waals surface area contributed by atoms with Crippen LogP contribution in [0.25, 0.3) is 5.69 Å². The second kappa shape index (κ2) is 5.55. The standard InChI is InChI=1S/C15H18N4O2/c1-2-13-14(15(20)21)16-17-19(13)12-7-5-11(6-8-12)18-9-3-4-10-18/h5-8H,2-4,9-10H2,1H3,(H,20,21). The fourth-order valence-corrected chi connectivity index (χ4v) is 2.77. The number of aromatic nitrogens is 3. The molecular weight excluding hydrogens is 268 g/mol. The zero-order chi connectivity index (χ0) is 14.8. The van der Waals surface area contributed by atoms with Gasteiger partial charge in [-0.05, 0) is 43.5 Å². The molecule has 0 radical (unpaired) electrons. The highest BCUT2D eigenvalue weighted by Gasteiger charge is 2.18. The molecule has 0 amide bonds. The molecule has 1 N–H and O–H groups in total. The minimum absolute atomic E-state index is 0.0288.